The molecule has 0 saturated carbocycles. The molecular formula is C26H21N5O3. The van der Waals surface area contributed by atoms with Crippen LogP contribution in [0.1, 0.15) is 21.5 Å². The van der Waals surface area contributed by atoms with Crippen LogP contribution in [-0.4, -0.2) is 33.5 Å². The van der Waals surface area contributed by atoms with Crippen molar-refractivity contribution in [2.75, 3.05) is 17.7 Å². The van der Waals surface area contributed by atoms with Gasteiger partial charge in [0.2, 0.25) is 0 Å². The number of aromatic nitrogens is 3. The summed E-state index contributed by atoms with van der Waals surface area (Å²) >= 11 is 0. The average Bonchev–Trinajstić information content (AvgIpc) is 3.44. The number of fused-ring (bicyclic) bond motifs is 1. The van der Waals surface area contributed by atoms with Crippen LogP contribution in [0, 0.1) is 0 Å². The number of imidazole rings is 1. The number of aryl methyl sites for hydroxylation is 1. The van der Waals surface area contributed by atoms with Crippen molar-refractivity contribution in [3.8, 4) is 11.4 Å². The van der Waals surface area contributed by atoms with Gasteiger partial charge < -0.3 is 19.9 Å². The highest BCUT2D eigenvalue weighted by Crippen LogP contribution is 2.38. The Morgan fingerprint density at radius 3 is 2.44 bits per heavy atom. The highest BCUT2D eigenvalue weighted by molar-refractivity contribution is 6.37. The predicted molar refractivity (Wildman–Crippen MR) is 130 cm³/mol. The first kappa shape index (κ1) is 21.1. The van der Waals surface area contributed by atoms with Crippen molar-refractivity contribution in [2.45, 2.75) is 0 Å². The van der Waals surface area contributed by atoms with Crippen molar-refractivity contribution < 1.29 is 14.3 Å². The molecule has 34 heavy (non-hydrogen) atoms. The Balaban J connectivity index is 1.58. The molecule has 0 bridgehead atoms. The van der Waals surface area contributed by atoms with Crippen LogP contribution in [-0.2, 0) is 16.6 Å². The Kier molecular flexibility index (Phi) is 5.39. The molecule has 5 rings (SSSR count). The fourth-order valence-corrected chi connectivity index (χ4v) is 3.95. The average molecular weight is 451 g/mol. The molecule has 4 aromatic rings. The summed E-state index contributed by atoms with van der Waals surface area (Å²) in [6, 6.07) is 16.5. The van der Waals surface area contributed by atoms with E-state index in [0.717, 1.165) is 22.6 Å². The van der Waals surface area contributed by atoms with E-state index in [0.29, 0.717) is 28.1 Å². The van der Waals surface area contributed by atoms with Gasteiger partial charge in [0.1, 0.15) is 5.82 Å². The number of anilines is 2. The largest absolute Gasteiger partial charge is 0.465 e. The quantitative estimate of drug-likeness (QED) is 0.349. The number of pyridine rings is 1. The second-order valence-corrected chi connectivity index (χ2v) is 7.76. The fourth-order valence-electron chi connectivity index (χ4n) is 3.95. The van der Waals surface area contributed by atoms with E-state index in [1.54, 1.807) is 36.8 Å². The Morgan fingerprint density at radius 1 is 1.00 bits per heavy atom. The lowest BCUT2D eigenvalue weighted by Gasteiger charge is -2.15. The molecule has 2 aromatic heterocycles. The van der Waals surface area contributed by atoms with Gasteiger partial charge >= 0.3 is 5.97 Å². The summed E-state index contributed by atoms with van der Waals surface area (Å²) in [5, 5.41) is 6.28. The Morgan fingerprint density at radius 2 is 1.76 bits per heavy atom. The monoisotopic (exact) mass is 451 g/mol. The van der Waals surface area contributed by atoms with Gasteiger partial charge in [0.05, 0.1) is 29.6 Å². The van der Waals surface area contributed by atoms with Crippen LogP contribution in [0.4, 0.5) is 11.4 Å². The van der Waals surface area contributed by atoms with Crippen LogP contribution in [0.25, 0.3) is 22.7 Å². The topological polar surface area (TPSA) is 98.1 Å². The van der Waals surface area contributed by atoms with Crippen molar-refractivity contribution in [3.63, 3.8) is 0 Å². The first-order chi connectivity index (χ1) is 16.5. The van der Waals surface area contributed by atoms with Gasteiger partial charge in [-0.3, -0.25) is 9.78 Å². The Bertz CT molecular complexity index is 1420. The van der Waals surface area contributed by atoms with Gasteiger partial charge in [0, 0.05) is 54.2 Å². The summed E-state index contributed by atoms with van der Waals surface area (Å²) in [4.78, 5) is 33.5. The van der Waals surface area contributed by atoms with E-state index in [1.807, 2.05) is 54.2 Å². The molecule has 2 aromatic carbocycles. The Hall–Kier alpha value is -4.72. The van der Waals surface area contributed by atoms with E-state index < -0.39 is 5.97 Å². The molecule has 8 heteroatoms. The van der Waals surface area contributed by atoms with Crippen LogP contribution < -0.4 is 10.6 Å². The number of ether oxygens (including phenoxy) is 1. The van der Waals surface area contributed by atoms with Crippen LogP contribution in [0.2, 0.25) is 0 Å². The van der Waals surface area contributed by atoms with Crippen LogP contribution in [0.15, 0.2) is 79.4 Å². The van der Waals surface area contributed by atoms with Crippen molar-refractivity contribution in [1.82, 2.24) is 14.5 Å². The molecule has 3 heterocycles. The van der Waals surface area contributed by atoms with Crippen LogP contribution >= 0.6 is 0 Å². The van der Waals surface area contributed by atoms with Gasteiger partial charge in [-0.25, -0.2) is 9.78 Å². The van der Waals surface area contributed by atoms with E-state index in [4.69, 9.17) is 4.74 Å². The molecule has 1 aliphatic heterocycles. The maximum absolute atomic E-state index is 13.1. The zero-order valence-electron chi connectivity index (χ0n) is 18.6. The van der Waals surface area contributed by atoms with Gasteiger partial charge in [-0.2, -0.15) is 0 Å². The predicted octanol–water partition coefficient (Wildman–Crippen LogP) is 4.20. The van der Waals surface area contributed by atoms with Gasteiger partial charge in [0.15, 0.2) is 0 Å². The number of carbonyl (C=O) groups is 2. The fraction of sp³-hybridized carbons (Fsp3) is 0.0769. The first-order valence-electron chi connectivity index (χ1n) is 10.6. The lowest BCUT2D eigenvalue weighted by molar-refractivity contribution is -0.110. The van der Waals surface area contributed by atoms with Gasteiger partial charge in [-0.15, -0.1) is 0 Å². The molecule has 0 atom stereocenters. The summed E-state index contributed by atoms with van der Waals surface area (Å²) in [6.45, 7) is 0. The maximum atomic E-state index is 13.1. The highest BCUT2D eigenvalue weighted by atomic mass is 16.5. The minimum absolute atomic E-state index is 0.263. The summed E-state index contributed by atoms with van der Waals surface area (Å²) in [7, 11) is 3.27. The lowest BCUT2D eigenvalue weighted by Crippen LogP contribution is -2.10. The number of benzene rings is 2. The number of methoxy groups -OCH3 is 1. The third-order valence-corrected chi connectivity index (χ3v) is 5.64. The minimum Gasteiger partial charge on any atom is -0.465 e. The number of amides is 1. The second kappa shape index (κ2) is 8.67. The van der Waals surface area contributed by atoms with Crippen molar-refractivity contribution in [2.24, 2.45) is 7.05 Å². The van der Waals surface area contributed by atoms with Crippen molar-refractivity contribution in [1.29, 1.82) is 0 Å². The SMILES string of the molecule is COC(=O)c1ccc2c(c1)NC(=O)C2=C(Nc1ccc(-c2nccn2C)cc1)c1ccncc1. The molecule has 168 valence electrons. The number of hydrogen-bond acceptors (Lipinski definition) is 6. The number of nitrogens with zero attached hydrogens (tertiary/aromatic N) is 3. The lowest BCUT2D eigenvalue weighted by atomic mass is 9.99. The number of hydrogen-bond donors (Lipinski definition) is 2. The molecule has 0 radical (unpaired) electrons. The molecule has 2 N–H and O–H groups in total. The molecule has 0 aliphatic carbocycles. The second-order valence-electron chi connectivity index (χ2n) is 7.76. The smallest absolute Gasteiger partial charge is 0.337 e. The number of esters is 1. The van der Waals surface area contributed by atoms with E-state index in [-0.39, 0.29) is 5.91 Å². The summed E-state index contributed by atoms with van der Waals surface area (Å²) < 4.78 is 6.75. The summed E-state index contributed by atoms with van der Waals surface area (Å²) in [5.74, 6) is 0.139. The zero-order chi connectivity index (χ0) is 23.7. The van der Waals surface area contributed by atoms with E-state index >= 15 is 0 Å². The summed E-state index contributed by atoms with van der Waals surface area (Å²) in [5.41, 5.74) is 5.33. The Labute approximate surface area is 195 Å². The normalized spacial score (nSPS) is 13.8. The van der Waals surface area contributed by atoms with Gasteiger partial charge in [-0.05, 0) is 48.5 Å². The molecule has 0 saturated heterocycles. The first-order valence-corrected chi connectivity index (χ1v) is 10.6. The minimum atomic E-state index is -0.463. The molecule has 0 spiro atoms. The van der Waals surface area contributed by atoms with Crippen LogP contribution in [0.3, 0.4) is 0 Å². The van der Waals surface area contributed by atoms with E-state index in [1.165, 1.54) is 7.11 Å². The summed E-state index contributed by atoms with van der Waals surface area (Å²) in [6.07, 6.45) is 7.01. The number of carbonyl (C=O) groups excluding carboxylic acids is 2. The third kappa shape index (κ3) is 3.81. The molecule has 8 nitrogen and oxygen atoms in total. The number of rotatable bonds is 5. The van der Waals surface area contributed by atoms with E-state index in [2.05, 4.69) is 20.6 Å². The van der Waals surface area contributed by atoms with Gasteiger partial charge in [-0.1, -0.05) is 6.07 Å². The van der Waals surface area contributed by atoms with Gasteiger partial charge in [0.25, 0.3) is 5.91 Å². The molecular weight excluding hydrogens is 430 g/mol. The number of nitrogens with one attached hydrogen (secondary N) is 2. The highest BCUT2D eigenvalue weighted by Gasteiger charge is 2.29. The molecule has 1 aliphatic rings. The van der Waals surface area contributed by atoms with Crippen molar-refractivity contribution >= 4 is 34.5 Å². The molecule has 0 fully saturated rings. The molecule has 0 unspecified atom stereocenters. The zero-order valence-corrected chi connectivity index (χ0v) is 18.6. The maximum Gasteiger partial charge on any atom is 0.337 e. The van der Waals surface area contributed by atoms with E-state index in [9.17, 15) is 9.59 Å². The molecule has 1 amide bonds. The standard InChI is InChI=1S/C26H21N5O3/c1-31-14-13-28-24(31)17-3-6-19(7-4-17)29-23(16-9-11-27-12-10-16)22-20-8-5-18(26(33)34-2)15-21(20)30-25(22)32/h3-15,29H,1-2H3,(H,30,32). The third-order valence-electron chi connectivity index (χ3n) is 5.64. The van der Waals surface area contributed by atoms with Crippen LogP contribution in [0.5, 0.6) is 0 Å². The van der Waals surface area contributed by atoms with Crippen molar-refractivity contribution in [3.05, 3.63) is 96.1 Å².